The summed E-state index contributed by atoms with van der Waals surface area (Å²) in [7, 11) is 0. The zero-order chi connectivity index (χ0) is 22.7. The average Bonchev–Trinajstić information content (AvgIpc) is 3.50. The fourth-order valence-electron chi connectivity index (χ4n) is 3.38. The summed E-state index contributed by atoms with van der Waals surface area (Å²) >= 11 is 1.58. The van der Waals surface area contributed by atoms with E-state index in [-0.39, 0.29) is 11.5 Å². The number of H-pyrrole nitrogens is 2. The fourth-order valence-corrected chi connectivity index (χ4v) is 4.32. The molecule has 168 valence electrons. The Balaban J connectivity index is 1.76. The van der Waals surface area contributed by atoms with E-state index in [0.29, 0.717) is 17.3 Å². The Hall–Kier alpha value is -3.08. The van der Waals surface area contributed by atoms with Gasteiger partial charge >= 0.3 is 6.18 Å². The van der Waals surface area contributed by atoms with Crippen molar-refractivity contribution in [2.24, 2.45) is 0 Å². The molecule has 0 atom stereocenters. The standard InChI is InChI=1S/C21H22F3N7S/c1-3-4-5-6-7-13-8-9-32-17(13)14-10-15(18-25-12(2)28-29-18)26-16(11-14)19-27-20(31-30-19)21(22,23)24/h8-11H,3-7H2,1-2H3,(H,25,28,29)(H,27,30,31). The molecular formula is C21H22F3N7S. The molecule has 0 aliphatic heterocycles. The van der Waals surface area contributed by atoms with Crippen molar-refractivity contribution in [2.45, 2.75) is 52.1 Å². The van der Waals surface area contributed by atoms with Gasteiger partial charge in [0, 0.05) is 4.88 Å². The Morgan fingerprint density at radius 1 is 0.938 bits per heavy atom. The number of thiophene rings is 1. The number of unbranched alkanes of at least 4 members (excludes halogenated alkanes) is 3. The minimum absolute atomic E-state index is 0.131. The van der Waals surface area contributed by atoms with Crippen molar-refractivity contribution >= 4 is 11.3 Å². The molecule has 0 spiro atoms. The van der Waals surface area contributed by atoms with Gasteiger partial charge in [0.2, 0.25) is 5.82 Å². The zero-order valence-electron chi connectivity index (χ0n) is 17.6. The van der Waals surface area contributed by atoms with Crippen LogP contribution in [-0.2, 0) is 12.6 Å². The number of halogens is 3. The van der Waals surface area contributed by atoms with E-state index >= 15 is 0 Å². The van der Waals surface area contributed by atoms with Gasteiger partial charge in [0.1, 0.15) is 17.2 Å². The van der Waals surface area contributed by atoms with Gasteiger partial charge in [-0.1, -0.05) is 26.2 Å². The van der Waals surface area contributed by atoms with Crippen LogP contribution in [0.5, 0.6) is 0 Å². The lowest BCUT2D eigenvalue weighted by Crippen LogP contribution is -2.07. The highest BCUT2D eigenvalue weighted by Crippen LogP contribution is 2.35. The van der Waals surface area contributed by atoms with Crippen molar-refractivity contribution in [3.05, 3.63) is 40.8 Å². The second-order valence-corrected chi connectivity index (χ2v) is 8.38. The van der Waals surface area contributed by atoms with E-state index in [0.717, 1.165) is 29.7 Å². The van der Waals surface area contributed by atoms with Gasteiger partial charge in [0.15, 0.2) is 11.6 Å². The molecule has 4 rings (SSSR count). The summed E-state index contributed by atoms with van der Waals surface area (Å²) in [6.45, 7) is 3.94. The maximum atomic E-state index is 13.0. The number of hydrogen-bond donors (Lipinski definition) is 2. The highest BCUT2D eigenvalue weighted by molar-refractivity contribution is 7.13. The SMILES string of the molecule is CCCCCCc1ccsc1-c1cc(-c2n[nH]c(C)n2)nc(-c2n[nH]c(C(F)(F)F)n2)c1. The normalized spacial score (nSPS) is 11.9. The average molecular weight is 462 g/mol. The van der Waals surface area contributed by atoms with Gasteiger partial charge in [-0.2, -0.15) is 23.4 Å². The van der Waals surface area contributed by atoms with Crippen LogP contribution in [0, 0.1) is 6.92 Å². The summed E-state index contributed by atoms with van der Waals surface area (Å²) in [6, 6.07) is 5.66. The summed E-state index contributed by atoms with van der Waals surface area (Å²) in [4.78, 5) is 13.4. The van der Waals surface area contributed by atoms with Gasteiger partial charge in [-0.15, -0.1) is 11.3 Å². The molecule has 0 aliphatic rings. The first-order chi connectivity index (χ1) is 15.3. The quantitative estimate of drug-likeness (QED) is 0.322. The van der Waals surface area contributed by atoms with Gasteiger partial charge in [0.25, 0.3) is 0 Å². The molecule has 7 nitrogen and oxygen atoms in total. The van der Waals surface area contributed by atoms with Crippen molar-refractivity contribution in [3.63, 3.8) is 0 Å². The Morgan fingerprint density at radius 2 is 1.66 bits per heavy atom. The number of pyridine rings is 1. The number of rotatable bonds is 8. The van der Waals surface area contributed by atoms with Crippen molar-refractivity contribution in [1.82, 2.24) is 35.3 Å². The largest absolute Gasteiger partial charge is 0.451 e. The third-order valence-corrected chi connectivity index (χ3v) is 5.95. The molecule has 0 amide bonds. The van der Waals surface area contributed by atoms with Crippen LogP contribution in [0.25, 0.3) is 33.5 Å². The molecule has 0 radical (unpaired) electrons. The van der Waals surface area contributed by atoms with Crippen LogP contribution in [0.15, 0.2) is 23.6 Å². The van der Waals surface area contributed by atoms with Gasteiger partial charge < -0.3 is 0 Å². The monoisotopic (exact) mass is 461 g/mol. The van der Waals surface area contributed by atoms with Crippen LogP contribution in [-0.4, -0.2) is 35.3 Å². The molecule has 0 fully saturated rings. The van der Waals surface area contributed by atoms with Crippen molar-refractivity contribution < 1.29 is 13.2 Å². The smallest absolute Gasteiger partial charge is 0.263 e. The van der Waals surface area contributed by atoms with Crippen molar-refractivity contribution in [1.29, 1.82) is 0 Å². The summed E-state index contributed by atoms with van der Waals surface area (Å²) in [5.41, 5.74) is 2.68. The first kappa shape index (κ1) is 22.1. The number of alkyl halides is 3. The zero-order valence-corrected chi connectivity index (χ0v) is 18.4. The minimum atomic E-state index is -4.62. The third-order valence-electron chi connectivity index (χ3n) is 4.94. The second kappa shape index (κ2) is 9.19. The molecule has 4 heterocycles. The molecule has 0 saturated heterocycles. The first-order valence-electron chi connectivity index (χ1n) is 10.3. The van der Waals surface area contributed by atoms with Gasteiger partial charge in [0.05, 0.1) is 0 Å². The Bertz CT molecular complexity index is 1190. The van der Waals surface area contributed by atoms with E-state index in [4.69, 9.17) is 0 Å². The number of nitrogens with one attached hydrogen (secondary N) is 2. The van der Waals surface area contributed by atoms with Gasteiger partial charge in [-0.25, -0.2) is 15.0 Å². The fraction of sp³-hybridized carbons (Fsp3) is 0.381. The number of hydrogen-bond acceptors (Lipinski definition) is 6. The molecule has 4 aromatic heterocycles. The maximum Gasteiger partial charge on any atom is 0.451 e. The predicted molar refractivity (Wildman–Crippen MR) is 116 cm³/mol. The molecule has 2 N–H and O–H groups in total. The summed E-state index contributed by atoms with van der Waals surface area (Å²) in [5, 5.41) is 14.6. The molecular weight excluding hydrogens is 439 g/mol. The number of aryl methyl sites for hydroxylation is 2. The maximum absolute atomic E-state index is 13.0. The van der Waals surface area contributed by atoms with Gasteiger partial charge in [-0.3, -0.25) is 10.2 Å². The van der Waals surface area contributed by atoms with E-state index in [1.807, 2.05) is 16.5 Å². The molecule has 32 heavy (non-hydrogen) atoms. The number of aromatic amines is 2. The van der Waals surface area contributed by atoms with Crippen molar-refractivity contribution in [3.8, 4) is 33.5 Å². The molecule has 0 bridgehead atoms. The Morgan fingerprint density at radius 3 is 2.28 bits per heavy atom. The van der Waals surface area contributed by atoms with Crippen LogP contribution in [0.3, 0.4) is 0 Å². The summed E-state index contributed by atoms with van der Waals surface area (Å²) < 4.78 is 39.0. The van der Waals surface area contributed by atoms with Crippen LogP contribution in [0.4, 0.5) is 13.2 Å². The Labute approximate surface area is 186 Å². The van der Waals surface area contributed by atoms with Crippen molar-refractivity contribution in [2.75, 3.05) is 0 Å². The molecule has 0 unspecified atom stereocenters. The Kier molecular flexibility index (Phi) is 6.35. The van der Waals surface area contributed by atoms with Crippen LogP contribution < -0.4 is 0 Å². The highest BCUT2D eigenvalue weighted by Gasteiger charge is 2.35. The van der Waals surface area contributed by atoms with Crippen LogP contribution >= 0.6 is 11.3 Å². The highest BCUT2D eigenvalue weighted by atomic mass is 32.1. The van der Waals surface area contributed by atoms with E-state index in [9.17, 15) is 13.2 Å². The lowest BCUT2D eigenvalue weighted by atomic mass is 10.0. The van der Waals surface area contributed by atoms with E-state index in [1.54, 1.807) is 24.3 Å². The minimum Gasteiger partial charge on any atom is -0.263 e. The summed E-state index contributed by atoms with van der Waals surface area (Å²) in [5.74, 6) is -0.326. The van der Waals surface area contributed by atoms with Gasteiger partial charge in [-0.05, 0) is 54.5 Å². The summed E-state index contributed by atoms with van der Waals surface area (Å²) in [6.07, 6.45) is 0.918. The molecule has 0 aromatic carbocycles. The number of nitrogens with zero attached hydrogens (tertiary/aromatic N) is 5. The third kappa shape index (κ3) is 4.87. The first-order valence-corrected chi connectivity index (χ1v) is 11.2. The topological polar surface area (TPSA) is 96.0 Å². The van der Waals surface area contributed by atoms with E-state index < -0.39 is 12.0 Å². The van der Waals surface area contributed by atoms with Crippen LogP contribution in [0.1, 0.15) is 49.8 Å². The second-order valence-electron chi connectivity index (χ2n) is 7.46. The van der Waals surface area contributed by atoms with E-state index in [1.165, 1.54) is 18.4 Å². The lowest BCUT2D eigenvalue weighted by Gasteiger charge is -2.08. The molecule has 0 saturated carbocycles. The predicted octanol–water partition coefficient (Wildman–Crippen LogP) is 5.83. The number of aromatic nitrogens is 7. The van der Waals surface area contributed by atoms with E-state index in [2.05, 4.69) is 43.2 Å². The molecule has 0 aliphatic carbocycles. The molecule has 4 aromatic rings. The molecule has 11 heteroatoms. The lowest BCUT2D eigenvalue weighted by molar-refractivity contribution is -0.144. The van der Waals surface area contributed by atoms with Crippen LogP contribution in [0.2, 0.25) is 0 Å².